The van der Waals surface area contributed by atoms with Crippen molar-refractivity contribution in [3.63, 3.8) is 0 Å². The minimum absolute atomic E-state index is 0.0418. The van der Waals surface area contributed by atoms with E-state index in [-0.39, 0.29) is 27.6 Å². The summed E-state index contributed by atoms with van der Waals surface area (Å²) < 4.78 is 57.2. The molecule has 0 aliphatic heterocycles. The summed E-state index contributed by atoms with van der Waals surface area (Å²) in [5, 5.41) is 0. The summed E-state index contributed by atoms with van der Waals surface area (Å²) in [6.45, 7) is 1.57. The summed E-state index contributed by atoms with van der Waals surface area (Å²) in [5.41, 5.74) is 1.85. The van der Waals surface area contributed by atoms with Gasteiger partial charge in [0.05, 0.1) is 15.9 Å². The van der Waals surface area contributed by atoms with Crippen molar-refractivity contribution in [1.82, 2.24) is 9.97 Å². The van der Waals surface area contributed by atoms with Gasteiger partial charge in [0.25, 0.3) is 5.56 Å². The number of aromatic nitrogens is 2. The standard InChI is InChI=1S/C22H16F2N2O4S/c1-12-22(27)26-18-6-3-13(9-19(18)25-12)16-11-15(31(2,28)29)5-8-20(16)30-21-7-4-14(23)10-17(21)24/h3-11H,1-2H3,(H,26,27). The monoisotopic (exact) mass is 442 g/mol. The molecule has 4 aromatic rings. The van der Waals surface area contributed by atoms with Crippen LogP contribution in [0.2, 0.25) is 0 Å². The lowest BCUT2D eigenvalue weighted by Gasteiger charge is -2.14. The van der Waals surface area contributed by atoms with E-state index >= 15 is 0 Å². The molecule has 9 heteroatoms. The zero-order chi connectivity index (χ0) is 22.3. The Morgan fingerprint density at radius 1 is 0.968 bits per heavy atom. The van der Waals surface area contributed by atoms with E-state index in [4.69, 9.17) is 4.74 Å². The average molecular weight is 442 g/mol. The Balaban J connectivity index is 1.90. The Morgan fingerprint density at radius 2 is 1.71 bits per heavy atom. The van der Waals surface area contributed by atoms with Gasteiger partial charge in [-0.25, -0.2) is 22.2 Å². The molecule has 0 atom stereocenters. The number of fused-ring (bicyclic) bond motifs is 1. The number of halogens is 2. The van der Waals surface area contributed by atoms with Crippen molar-refractivity contribution in [2.24, 2.45) is 0 Å². The predicted octanol–water partition coefficient (Wildman–Crippen LogP) is 4.37. The zero-order valence-electron chi connectivity index (χ0n) is 16.4. The number of hydrogen-bond donors (Lipinski definition) is 1. The molecule has 0 radical (unpaired) electrons. The smallest absolute Gasteiger partial charge is 0.269 e. The fourth-order valence-corrected chi connectivity index (χ4v) is 3.72. The van der Waals surface area contributed by atoms with Crippen LogP contribution in [-0.2, 0) is 9.84 Å². The maximum atomic E-state index is 14.1. The predicted molar refractivity (Wildman–Crippen MR) is 112 cm³/mol. The summed E-state index contributed by atoms with van der Waals surface area (Å²) in [4.78, 5) is 18.8. The van der Waals surface area contributed by atoms with Crippen LogP contribution in [0.1, 0.15) is 5.69 Å². The summed E-state index contributed by atoms with van der Waals surface area (Å²) in [6.07, 6.45) is 1.07. The second-order valence-corrected chi connectivity index (χ2v) is 9.01. The molecule has 158 valence electrons. The molecule has 0 saturated carbocycles. The van der Waals surface area contributed by atoms with Crippen LogP contribution in [0, 0.1) is 18.6 Å². The highest BCUT2D eigenvalue weighted by atomic mass is 32.2. The minimum atomic E-state index is -3.53. The third-order valence-electron chi connectivity index (χ3n) is 4.67. The highest BCUT2D eigenvalue weighted by molar-refractivity contribution is 7.90. The number of nitrogens with one attached hydrogen (secondary N) is 1. The van der Waals surface area contributed by atoms with E-state index in [1.807, 2.05) is 0 Å². The Morgan fingerprint density at radius 3 is 2.42 bits per heavy atom. The maximum absolute atomic E-state index is 14.1. The first-order valence-corrected chi connectivity index (χ1v) is 11.0. The number of hydrogen-bond acceptors (Lipinski definition) is 5. The van der Waals surface area contributed by atoms with Crippen LogP contribution in [0.5, 0.6) is 11.5 Å². The second kappa shape index (κ2) is 7.59. The number of H-pyrrole nitrogens is 1. The van der Waals surface area contributed by atoms with Gasteiger partial charge in [0, 0.05) is 17.9 Å². The lowest BCUT2D eigenvalue weighted by Crippen LogP contribution is -2.11. The molecule has 31 heavy (non-hydrogen) atoms. The van der Waals surface area contributed by atoms with Crippen LogP contribution in [-0.4, -0.2) is 24.6 Å². The molecule has 1 aromatic heterocycles. The van der Waals surface area contributed by atoms with Gasteiger partial charge in [-0.05, 0) is 55.0 Å². The molecule has 0 fully saturated rings. The van der Waals surface area contributed by atoms with Crippen molar-refractivity contribution < 1.29 is 21.9 Å². The van der Waals surface area contributed by atoms with Crippen molar-refractivity contribution in [3.05, 3.63) is 82.3 Å². The molecule has 0 aliphatic carbocycles. The van der Waals surface area contributed by atoms with Gasteiger partial charge < -0.3 is 9.72 Å². The minimum Gasteiger partial charge on any atom is -0.454 e. The van der Waals surface area contributed by atoms with Crippen LogP contribution in [0.4, 0.5) is 8.78 Å². The van der Waals surface area contributed by atoms with Gasteiger partial charge in [0.1, 0.15) is 17.3 Å². The van der Waals surface area contributed by atoms with Crippen molar-refractivity contribution in [3.8, 4) is 22.6 Å². The maximum Gasteiger partial charge on any atom is 0.269 e. The average Bonchev–Trinajstić information content (AvgIpc) is 2.70. The number of ether oxygens (including phenoxy) is 1. The molecule has 3 aromatic carbocycles. The number of sulfone groups is 1. The SMILES string of the molecule is Cc1nc2cc(-c3cc(S(C)(=O)=O)ccc3Oc3ccc(F)cc3F)ccc2[nH]c1=O. The zero-order valence-corrected chi connectivity index (χ0v) is 17.3. The van der Waals surface area contributed by atoms with E-state index in [1.165, 1.54) is 18.2 Å². The van der Waals surface area contributed by atoms with Crippen LogP contribution in [0.3, 0.4) is 0 Å². The number of aromatic amines is 1. The quantitative estimate of drug-likeness (QED) is 0.507. The molecular weight excluding hydrogens is 426 g/mol. The van der Waals surface area contributed by atoms with Crippen LogP contribution < -0.4 is 10.3 Å². The molecule has 0 aliphatic rings. The van der Waals surface area contributed by atoms with Crippen LogP contribution in [0.25, 0.3) is 22.2 Å². The molecule has 0 saturated heterocycles. The Kier molecular flexibility index (Phi) is 5.06. The molecule has 0 bridgehead atoms. The summed E-state index contributed by atoms with van der Waals surface area (Å²) >= 11 is 0. The number of rotatable bonds is 4. The van der Waals surface area contributed by atoms with E-state index in [0.717, 1.165) is 18.4 Å². The second-order valence-electron chi connectivity index (χ2n) is 6.99. The van der Waals surface area contributed by atoms with E-state index < -0.39 is 21.5 Å². The van der Waals surface area contributed by atoms with Gasteiger partial charge in [-0.2, -0.15) is 0 Å². The van der Waals surface area contributed by atoms with E-state index in [1.54, 1.807) is 25.1 Å². The topological polar surface area (TPSA) is 89.1 Å². The van der Waals surface area contributed by atoms with Gasteiger partial charge in [0.2, 0.25) is 0 Å². The molecule has 1 heterocycles. The Bertz CT molecular complexity index is 1500. The molecule has 0 unspecified atom stereocenters. The lowest BCUT2D eigenvalue weighted by molar-refractivity contribution is 0.438. The van der Waals surface area contributed by atoms with Crippen molar-refractivity contribution >= 4 is 20.9 Å². The summed E-state index contributed by atoms with van der Waals surface area (Å²) in [6, 6.07) is 12.0. The molecule has 6 nitrogen and oxygen atoms in total. The number of benzene rings is 3. The van der Waals surface area contributed by atoms with E-state index in [2.05, 4.69) is 9.97 Å². The lowest BCUT2D eigenvalue weighted by atomic mass is 10.0. The fourth-order valence-electron chi connectivity index (χ4n) is 3.07. The Hall–Kier alpha value is -3.59. The van der Waals surface area contributed by atoms with Gasteiger partial charge in [0.15, 0.2) is 21.4 Å². The largest absolute Gasteiger partial charge is 0.454 e. The first kappa shape index (κ1) is 20.7. The first-order chi connectivity index (χ1) is 14.6. The highest BCUT2D eigenvalue weighted by Gasteiger charge is 2.16. The molecule has 4 rings (SSSR count). The van der Waals surface area contributed by atoms with Gasteiger partial charge in [-0.15, -0.1) is 0 Å². The van der Waals surface area contributed by atoms with Crippen LogP contribution >= 0.6 is 0 Å². The van der Waals surface area contributed by atoms with E-state index in [9.17, 15) is 22.0 Å². The molecule has 0 amide bonds. The molecule has 0 spiro atoms. The summed E-state index contributed by atoms with van der Waals surface area (Å²) in [5.74, 6) is -1.69. The number of aryl methyl sites for hydroxylation is 1. The fraction of sp³-hybridized carbons (Fsp3) is 0.0909. The summed E-state index contributed by atoms with van der Waals surface area (Å²) in [7, 11) is -3.53. The van der Waals surface area contributed by atoms with Gasteiger partial charge in [-0.3, -0.25) is 4.79 Å². The van der Waals surface area contributed by atoms with Crippen molar-refractivity contribution in [1.29, 1.82) is 0 Å². The normalized spacial score (nSPS) is 11.6. The Labute approximate surface area is 176 Å². The van der Waals surface area contributed by atoms with E-state index in [0.29, 0.717) is 28.2 Å². The van der Waals surface area contributed by atoms with Gasteiger partial charge >= 0.3 is 0 Å². The first-order valence-electron chi connectivity index (χ1n) is 9.10. The van der Waals surface area contributed by atoms with Crippen LogP contribution in [0.15, 0.2) is 64.3 Å². The molecule has 1 N–H and O–H groups in total. The highest BCUT2D eigenvalue weighted by Crippen LogP contribution is 2.37. The number of nitrogens with zero attached hydrogens (tertiary/aromatic N) is 1. The van der Waals surface area contributed by atoms with Crippen molar-refractivity contribution in [2.75, 3.05) is 6.26 Å². The van der Waals surface area contributed by atoms with Crippen molar-refractivity contribution in [2.45, 2.75) is 11.8 Å². The van der Waals surface area contributed by atoms with Gasteiger partial charge in [-0.1, -0.05) is 6.07 Å². The molecular formula is C22H16F2N2O4S. The third-order valence-corrected chi connectivity index (χ3v) is 5.78. The third kappa shape index (κ3) is 4.17.